The van der Waals surface area contributed by atoms with Gasteiger partial charge in [-0.2, -0.15) is 0 Å². The van der Waals surface area contributed by atoms with E-state index in [0.717, 1.165) is 41.7 Å². The van der Waals surface area contributed by atoms with Crippen LogP contribution in [0.25, 0.3) is 0 Å². The Morgan fingerprint density at radius 2 is 1.86 bits per heavy atom. The lowest BCUT2D eigenvalue weighted by atomic mass is 9.94. The van der Waals surface area contributed by atoms with Gasteiger partial charge in [0.15, 0.2) is 5.76 Å². The van der Waals surface area contributed by atoms with Crippen LogP contribution in [0.15, 0.2) is 64.6 Å². The van der Waals surface area contributed by atoms with Crippen molar-refractivity contribution in [2.45, 2.75) is 57.7 Å². The predicted octanol–water partition coefficient (Wildman–Crippen LogP) is 4.60. The van der Waals surface area contributed by atoms with Crippen molar-refractivity contribution in [1.82, 2.24) is 15.5 Å². The Kier molecular flexibility index (Phi) is 8.36. The first kappa shape index (κ1) is 24.7. The second-order valence-electron chi connectivity index (χ2n) is 8.86. The molecule has 1 aromatic carbocycles. The van der Waals surface area contributed by atoms with Crippen LogP contribution in [0.5, 0.6) is 0 Å². The molecule has 1 aliphatic rings. The summed E-state index contributed by atoms with van der Waals surface area (Å²) >= 11 is 1.53. The van der Waals surface area contributed by atoms with Crippen molar-refractivity contribution in [3.8, 4) is 0 Å². The van der Waals surface area contributed by atoms with Crippen LogP contribution in [0.3, 0.4) is 0 Å². The highest BCUT2D eigenvalue weighted by molar-refractivity contribution is 7.09. The van der Waals surface area contributed by atoms with E-state index < -0.39 is 11.9 Å². The molecule has 35 heavy (non-hydrogen) atoms. The Morgan fingerprint density at radius 3 is 2.54 bits per heavy atom. The van der Waals surface area contributed by atoms with Gasteiger partial charge in [-0.05, 0) is 54.5 Å². The highest BCUT2D eigenvalue weighted by Gasteiger charge is 2.34. The lowest BCUT2D eigenvalue weighted by Crippen LogP contribution is -2.49. The third-order valence-corrected chi connectivity index (χ3v) is 7.23. The molecule has 184 valence electrons. The summed E-state index contributed by atoms with van der Waals surface area (Å²) in [6.07, 6.45) is 6.68. The maximum absolute atomic E-state index is 13.8. The number of furan rings is 1. The number of carbonyl (C=O) groups excluding carboxylic acids is 3. The van der Waals surface area contributed by atoms with E-state index in [0.29, 0.717) is 0 Å². The summed E-state index contributed by atoms with van der Waals surface area (Å²) in [6.45, 7) is 1.97. The highest BCUT2D eigenvalue weighted by Crippen LogP contribution is 2.28. The van der Waals surface area contributed by atoms with E-state index in [2.05, 4.69) is 10.6 Å². The van der Waals surface area contributed by atoms with Crippen LogP contribution >= 0.6 is 11.3 Å². The molecule has 8 heteroatoms. The van der Waals surface area contributed by atoms with Crippen LogP contribution in [-0.4, -0.2) is 35.2 Å². The zero-order valence-electron chi connectivity index (χ0n) is 19.9. The molecule has 1 fully saturated rings. The van der Waals surface area contributed by atoms with E-state index in [-0.39, 0.29) is 36.7 Å². The molecule has 0 spiro atoms. The third-order valence-electron chi connectivity index (χ3n) is 6.37. The number of hydrogen-bond donors (Lipinski definition) is 2. The maximum Gasteiger partial charge on any atom is 0.287 e. The summed E-state index contributed by atoms with van der Waals surface area (Å²) in [5, 5.41) is 7.80. The monoisotopic (exact) mass is 493 g/mol. The first-order chi connectivity index (χ1) is 17.0. The maximum atomic E-state index is 13.8. The summed E-state index contributed by atoms with van der Waals surface area (Å²) in [6, 6.07) is 14.0. The van der Waals surface area contributed by atoms with E-state index in [1.165, 1.54) is 30.1 Å². The van der Waals surface area contributed by atoms with Crippen LogP contribution < -0.4 is 10.6 Å². The second-order valence-corrected chi connectivity index (χ2v) is 9.90. The first-order valence-corrected chi connectivity index (χ1v) is 12.9. The number of benzene rings is 1. The number of hydrogen-bond acceptors (Lipinski definition) is 5. The smallest absolute Gasteiger partial charge is 0.287 e. The van der Waals surface area contributed by atoms with E-state index in [4.69, 9.17) is 4.42 Å². The molecule has 4 rings (SSSR count). The zero-order valence-corrected chi connectivity index (χ0v) is 20.7. The lowest BCUT2D eigenvalue weighted by molar-refractivity contribution is -0.141. The Labute approximate surface area is 209 Å². The van der Waals surface area contributed by atoms with Gasteiger partial charge in [0, 0.05) is 10.9 Å². The molecule has 0 radical (unpaired) electrons. The van der Waals surface area contributed by atoms with Crippen molar-refractivity contribution in [3.05, 3.63) is 81.9 Å². The molecule has 2 N–H and O–H groups in total. The van der Waals surface area contributed by atoms with E-state index >= 15 is 0 Å². The van der Waals surface area contributed by atoms with Gasteiger partial charge in [-0.25, -0.2) is 0 Å². The van der Waals surface area contributed by atoms with Gasteiger partial charge in [-0.15, -0.1) is 11.3 Å². The van der Waals surface area contributed by atoms with Crippen molar-refractivity contribution in [2.24, 2.45) is 0 Å². The number of nitrogens with one attached hydrogen (secondary N) is 2. The number of rotatable bonds is 9. The van der Waals surface area contributed by atoms with E-state index in [9.17, 15) is 14.4 Å². The van der Waals surface area contributed by atoms with Gasteiger partial charge in [0.2, 0.25) is 11.8 Å². The molecule has 7 nitrogen and oxygen atoms in total. The number of aryl methyl sites for hydroxylation is 1. The van der Waals surface area contributed by atoms with Crippen LogP contribution in [0.2, 0.25) is 0 Å². The third kappa shape index (κ3) is 6.39. The van der Waals surface area contributed by atoms with Crippen molar-refractivity contribution in [2.75, 3.05) is 6.54 Å². The zero-order chi connectivity index (χ0) is 24.6. The summed E-state index contributed by atoms with van der Waals surface area (Å²) in [5.74, 6) is -0.870. The Hall–Kier alpha value is -3.39. The summed E-state index contributed by atoms with van der Waals surface area (Å²) < 4.78 is 5.13. The highest BCUT2D eigenvalue weighted by atomic mass is 32.1. The van der Waals surface area contributed by atoms with Crippen molar-refractivity contribution in [1.29, 1.82) is 0 Å². The van der Waals surface area contributed by atoms with E-state index in [1.54, 1.807) is 11.0 Å². The van der Waals surface area contributed by atoms with E-state index in [1.807, 2.05) is 48.7 Å². The van der Waals surface area contributed by atoms with Gasteiger partial charge in [0.25, 0.3) is 5.91 Å². The Morgan fingerprint density at radius 1 is 1.06 bits per heavy atom. The lowest BCUT2D eigenvalue weighted by Gasteiger charge is -2.34. The topological polar surface area (TPSA) is 91.7 Å². The summed E-state index contributed by atoms with van der Waals surface area (Å²) in [7, 11) is 0. The standard InChI is InChI=1S/C27H31N3O4S/c1-19-9-5-6-13-22(19)25(27(33)29-20-10-3-2-4-11-20)30(18-21-12-8-16-35-21)24(31)17-28-26(32)23-14-7-15-34-23/h5-9,12-16,20,25H,2-4,10-11,17-18H2,1H3,(H,28,32)(H,29,33)/t25-/m0/s1. The largest absolute Gasteiger partial charge is 0.459 e. The van der Waals surface area contributed by atoms with Crippen LogP contribution in [0.4, 0.5) is 0 Å². The second kappa shape index (κ2) is 11.8. The average molecular weight is 494 g/mol. The van der Waals surface area contributed by atoms with Gasteiger partial charge in [0.05, 0.1) is 19.4 Å². The van der Waals surface area contributed by atoms with Gasteiger partial charge in [0.1, 0.15) is 6.04 Å². The molecule has 2 heterocycles. The van der Waals surface area contributed by atoms with Crippen LogP contribution in [-0.2, 0) is 16.1 Å². The summed E-state index contributed by atoms with van der Waals surface area (Å²) in [5.41, 5.74) is 1.71. The summed E-state index contributed by atoms with van der Waals surface area (Å²) in [4.78, 5) is 42.3. The van der Waals surface area contributed by atoms with Gasteiger partial charge < -0.3 is 20.0 Å². The molecule has 0 aliphatic heterocycles. The van der Waals surface area contributed by atoms with Crippen LogP contribution in [0.1, 0.15) is 64.7 Å². The number of carbonyl (C=O) groups is 3. The van der Waals surface area contributed by atoms with Gasteiger partial charge >= 0.3 is 0 Å². The molecule has 0 unspecified atom stereocenters. The number of nitrogens with zero attached hydrogens (tertiary/aromatic N) is 1. The minimum absolute atomic E-state index is 0.111. The fourth-order valence-electron chi connectivity index (χ4n) is 4.52. The molecule has 0 bridgehead atoms. The van der Waals surface area contributed by atoms with Crippen molar-refractivity contribution in [3.63, 3.8) is 0 Å². The van der Waals surface area contributed by atoms with Gasteiger partial charge in [-0.1, -0.05) is 49.6 Å². The first-order valence-electron chi connectivity index (χ1n) is 12.0. The van der Waals surface area contributed by atoms with Gasteiger partial charge in [-0.3, -0.25) is 14.4 Å². The molecule has 1 aliphatic carbocycles. The molecular weight excluding hydrogens is 462 g/mol. The number of thiophene rings is 1. The van der Waals surface area contributed by atoms with Crippen molar-refractivity contribution >= 4 is 29.1 Å². The fourth-order valence-corrected chi connectivity index (χ4v) is 5.22. The van der Waals surface area contributed by atoms with Crippen LogP contribution in [0, 0.1) is 6.92 Å². The molecule has 3 amide bonds. The fraction of sp³-hybridized carbons (Fsp3) is 0.370. The Balaban J connectivity index is 1.62. The minimum atomic E-state index is -0.812. The molecular formula is C27H31N3O4S. The molecule has 3 aromatic rings. The van der Waals surface area contributed by atoms with Crippen molar-refractivity contribution < 1.29 is 18.8 Å². The molecule has 0 saturated heterocycles. The molecule has 2 aromatic heterocycles. The molecule has 1 saturated carbocycles. The minimum Gasteiger partial charge on any atom is -0.459 e. The quantitative estimate of drug-likeness (QED) is 0.456. The Bertz CT molecular complexity index is 1120. The normalized spacial score (nSPS) is 14.8. The molecule has 1 atom stereocenters. The average Bonchev–Trinajstić information content (AvgIpc) is 3.58. The SMILES string of the molecule is Cc1ccccc1[C@@H](C(=O)NC1CCCCC1)N(Cc1cccs1)C(=O)CNC(=O)c1ccco1. The predicted molar refractivity (Wildman–Crippen MR) is 135 cm³/mol. The number of amides is 3.